The first-order valence-corrected chi connectivity index (χ1v) is 5.35. The smallest absolute Gasteiger partial charge is 0.550 e. The summed E-state index contributed by atoms with van der Waals surface area (Å²) in [6.07, 6.45) is -8.62. The summed E-state index contributed by atoms with van der Waals surface area (Å²) in [4.78, 5) is 53.2. The summed E-state index contributed by atoms with van der Waals surface area (Å²) in [6, 6.07) is 0. The van der Waals surface area contributed by atoms with Crippen LogP contribution in [0.3, 0.4) is 0 Å². The topological polar surface area (TPSA) is 224 Å². The molecule has 14 heteroatoms. The van der Waals surface area contributed by atoms with Crippen molar-refractivity contribution in [3.63, 3.8) is 0 Å². The Bertz CT molecular complexity index is 508. The van der Waals surface area contributed by atoms with Crippen LogP contribution in [0.2, 0.25) is 0 Å². The number of esters is 1. The van der Waals surface area contributed by atoms with Crippen LogP contribution in [0.1, 0.15) is 12.8 Å². The van der Waals surface area contributed by atoms with Gasteiger partial charge in [0.05, 0.1) is 18.4 Å². The maximum absolute atomic E-state index is 11.3. The van der Waals surface area contributed by atoms with Crippen molar-refractivity contribution in [3.8, 4) is 0 Å². The third kappa shape index (κ3) is 9.13. The number of carboxylic acid groups (broad SMARTS) is 4. The normalized spacial score (nSPS) is 14.6. The third-order valence-electron chi connectivity index (χ3n) is 2.28. The average molecular weight is 426 g/mol. The van der Waals surface area contributed by atoms with Gasteiger partial charge in [0, 0.05) is 12.4 Å². The number of rotatable bonds is 9. The second-order valence-electron chi connectivity index (χ2n) is 4.06. The second-order valence-corrected chi connectivity index (χ2v) is 4.06. The van der Waals surface area contributed by atoms with Crippen LogP contribution in [0.25, 0.3) is 0 Å². The van der Waals surface area contributed by atoms with Crippen molar-refractivity contribution in [1.82, 2.24) is 0 Å². The van der Waals surface area contributed by atoms with Gasteiger partial charge >= 0.3 is 82.8 Å². The van der Waals surface area contributed by atoms with Crippen LogP contribution >= 0.6 is 0 Å². The molecule has 0 aliphatic heterocycles. The molecule has 0 amide bonds. The van der Waals surface area contributed by atoms with Crippen molar-refractivity contribution in [2.45, 2.75) is 30.7 Å². The summed E-state index contributed by atoms with van der Waals surface area (Å²) in [5.74, 6) is -10.7. The van der Waals surface area contributed by atoms with Gasteiger partial charge in [-0.1, -0.05) is 0 Å². The molecular weight excluding hydrogens is 417 g/mol. The molecule has 0 heterocycles. The van der Waals surface area contributed by atoms with E-state index in [2.05, 4.69) is 4.74 Å². The van der Waals surface area contributed by atoms with E-state index in [0.29, 0.717) is 0 Å². The van der Waals surface area contributed by atoms with Gasteiger partial charge in [-0.05, 0) is 0 Å². The number of aliphatic carboxylic acids is 4. The Morgan fingerprint density at radius 2 is 1.50 bits per heavy atom. The minimum absolute atomic E-state index is 0. The largest absolute Gasteiger partial charge is 2.00 e. The van der Waals surface area contributed by atoms with Crippen LogP contribution in [-0.2, 0) is 48.2 Å². The van der Waals surface area contributed by atoms with Crippen molar-refractivity contribution in [2.24, 2.45) is 0 Å². The summed E-state index contributed by atoms with van der Waals surface area (Å²) < 4.78 is 3.97. The molecule has 0 spiro atoms. The molecule has 3 atom stereocenters. The van der Waals surface area contributed by atoms with E-state index in [1.54, 1.807) is 0 Å². The van der Waals surface area contributed by atoms with Gasteiger partial charge in [-0.25, -0.2) is 4.79 Å². The molecule has 0 aromatic carbocycles. The number of ether oxygens (including phenoxy) is 1. The molecule has 0 fully saturated rings. The van der Waals surface area contributed by atoms with Gasteiger partial charge < -0.3 is 49.8 Å². The first-order valence-electron chi connectivity index (χ1n) is 5.35. The van der Waals surface area contributed by atoms with Gasteiger partial charge in [-0.15, -0.1) is 0 Å². The quantitative estimate of drug-likeness (QED) is 0.231. The number of aliphatic hydroxyl groups excluding tert-OH is 1. The Labute approximate surface area is 189 Å². The molecular formula is C10H9KO12Zn. The molecule has 0 rings (SSSR count). The fraction of sp³-hybridized carbons (Fsp3) is 0.500. The van der Waals surface area contributed by atoms with Crippen LogP contribution in [0.4, 0.5) is 0 Å². The molecule has 0 saturated carbocycles. The van der Waals surface area contributed by atoms with Gasteiger partial charge in [0.15, 0.2) is 12.2 Å². The van der Waals surface area contributed by atoms with E-state index in [1.165, 1.54) is 0 Å². The van der Waals surface area contributed by atoms with E-state index >= 15 is 0 Å². The molecule has 124 valence electrons. The Hall–Kier alpha value is -0.470. The fourth-order valence-corrected chi connectivity index (χ4v) is 1.24. The average Bonchev–Trinajstić information content (AvgIpc) is 2.33. The van der Waals surface area contributed by atoms with Gasteiger partial charge in [0.1, 0.15) is 5.60 Å². The van der Waals surface area contributed by atoms with Crippen molar-refractivity contribution >= 4 is 29.8 Å². The minimum atomic E-state index is -3.28. The molecule has 0 bridgehead atoms. The van der Waals surface area contributed by atoms with Gasteiger partial charge in [0.2, 0.25) is 0 Å². The predicted molar refractivity (Wildman–Crippen MR) is 52.7 cm³/mol. The monoisotopic (exact) mass is 424 g/mol. The van der Waals surface area contributed by atoms with Crippen LogP contribution < -0.4 is 66.7 Å². The maximum Gasteiger partial charge on any atom is 2.00 e. The molecule has 0 aromatic rings. The molecule has 0 radical (unpaired) electrons. The SMILES string of the molecule is O=C([O-])CC(O)(CC(=O)O[C@@H](C(=O)[O-])[C@@H](O)C(=O)O)C(=O)[O-].[K+].[Zn+2]. The predicted octanol–water partition coefficient (Wildman–Crippen LogP) is -9.89. The van der Waals surface area contributed by atoms with E-state index < -0.39 is 60.5 Å². The third-order valence-corrected chi connectivity index (χ3v) is 2.28. The summed E-state index contributed by atoms with van der Waals surface area (Å²) in [7, 11) is 0. The fourth-order valence-electron chi connectivity index (χ4n) is 1.24. The summed E-state index contributed by atoms with van der Waals surface area (Å²) >= 11 is 0. The van der Waals surface area contributed by atoms with Crippen LogP contribution in [-0.4, -0.2) is 63.0 Å². The number of carboxylic acids is 4. The number of carbonyl (C=O) groups excluding carboxylic acids is 4. The summed E-state index contributed by atoms with van der Waals surface area (Å²) in [5.41, 5.74) is -3.28. The number of hydrogen-bond donors (Lipinski definition) is 3. The zero-order valence-corrected chi connectivity index (χ0v) is 18.4. The van der Waals surface area contributed by atoms with Crippen molar-refractivity contribution < 1.29 is 130 Å². The van der Waals surface area contributed by atoms with Crippen molar-refractivity contribution in [1.29, 1.82) is 0 Å². The van der Waals surface area contributed by atoms with Gasteiger partial charge in [-0.2, -0.15) is 0 Å². The van der Waals surface area contributed by atoms with Crippen molar-refractivity contribution in [3.05, 3.63) is 0 Å². The minimum Gasteiger partial charge on any atom is -0.550 e. The number of aliphatic hydroxyl groups is 2. The summed E-state index contributed by atoms with van der Waals surface area (Å²) in [6.45, 7) is 0. The molecule has 0 aliphatic carbocycles. The molecule has 0 saturated heterocycles. The van der Waals surface area contributed by atoms with E-state index in [1.807, 2.05) is 0 Å². The van der Waals surface area contributed by atoms with Crippen LogP contribution in [0.15, 0.2) is 0 Å². The maximum atomic E-state index is 11.3. The van der Waals surface area contributed by atoms with Gasteiger partial charge in [-0.3, -0.25) is 4.79 Å². The standard InChI is InChI=1S/C10H12O12.K.Zn/c11-3(12)1-10(21,9(19)20)2-4(13)22-6(8(17)18)5(14)7(15)16;;/h5-6,14,21H,1-2H2,(H,11,12)(H,15,16)(H,17,18)(H,19,20);;/q;+1;+2/p-3/t5-,6-,10?;;/m1../s1. The number of hydrogen-bond acceptors (Lipinski definition) is 11. The van der Waals surface area contributed by atoms with E-state index in [-0.39, 0.29) is 70.9 Å². The van der Waals surface area contributed by atoms with Gasteiger partial charge in [0.25, 0.3) is 0 Å². The van der Waals surface area contributed by atoms with E-state index in [4.69, 9.17) is 10.2 Å². The number of carbonyl (C=O) groups is 5. The Morgan fingerprint density at radius 3 is 1.79 bits per heavy atom. The van der Waals surface area contributed by atoms with Crippen molar-refractivity contribution in [2.75, 3.05) is 0 Å². The van der Waals surface area contributed by atoms with E-state index in [0.717, 1.165) is 0 Å². The molecule has 12 nitrogen and oxygen atoms in total. The zero-order valence-electron chi connectivity index (χ0n) is 12.3. The summed E-state index contributed by atoms with van der Waals surface area (Å²) in [5, 5.41) is 58.2. The van der Waals surface area contributed by atoms with E-state index in [9.17, 15) is 44.4 Å². The molecule has 0 aliphatic rings. The Morgan fingerprint density at radius 1 is 1.04 bits per heavy atom. The molecule has 24 heavy (non-hydrogen) atoms. The molecule has 3 N–H and O–H groups in total. The zero-order chi connectivity index (χ0) is 17.7. The first-order chi connectivity index (χ1) is 9.90. The Balaban J connectivity index is -0.00000220. The Kier molecular flexibility index (Phi) is 14.1. The van der Waals surface area contributed by atoms with Crippen LogP contribution in [0, 0.1) is 0 Å². The molecule has 0 aromatic heterocycles. The second kappa shape index (κ2) is 12.0. The molecule has 1 unspecified atom stereocenters. The van der Waals surface area contributed by atoms with Crippen LogP contribution in [0.5, 0.6) is 0 Å². The first kappa shape index (κ1) is 28.3.